The molecule has 0 saturated heterocycles. The smallest absolute Gasteiger partial charge is 0.262 e. The molecule has 0 aliphatic carbocycles. The van der Waals surface area contributed by atoms with Gasteiger partial charge in [-0.05, 0) is 50.2 Å². The van der Waals surface area contributed by atoms with Gasteiger partial charge >= 0.3 is 0 Å². The third-order valence-corrected chi connectivity index (χ3v) is 4.67. The average Bonchev–Trinajstić information content (AvgIpc) is 2.77. The summed E-state index contributed by atoms with van der Waals surface area (Å²) < 4.78 is 16.8. The van der Waals surface area contributed by atoms with Crippen LogP contribution in [0.3, 0.4) is 0 Å². The van der Waals surface area contributed by atoms with Crippen LogP contribution in [0.25, 0.3) is 11.0 Å². The molecule has 0 atom stereocenters. The molecule has 1 aromatic heterocycles. The maximum atomic E-state index is 12.7. The Labute approximate surface area is 179 Å². The summed E-state index contributed by atoms with van der Waals surface area (Å²) in [5.74, 6) is 0.786. The molecule has 1 heterocycles. The Morgan fingerprint density at radius 3 is 2.26 bits per heavy atom. The SMILES string of the molecule is Cc1ccc(NC(=O)COc2ccc3c(=O)c(Oc4ccc(C)cc4)coc3c2)cc1. The summed E-state index contributed by atoms with van der Waals surface area (Å²) >= 11 is 0. The van der Waals surface area contributed by atoms with E-state index in [1.807, 2.05) is 50.2 Å². The zero-order valence-electron chi connectivity index (χ0n) is 17.2. The number of carbonyl (C=O) groups is 1. The number of nitrogens with one attached hydrogen (secondary N) is 1. The van der Waals surface area contributed by atoms with Crippen LogP contribution in [-0.2, 0) is 4.79 Å². The van der Waals surface area contributed by atoms with E-state index in [9.17, 15) is 9.59 Å². The van der Waals surface area contributed by atoms with Crippen LogP contribution in [0.5, 0.6) is 17.2 Å². The molecule has 6 nitrogen and oxygen atoms in total. The quantitative estimate of drug-likeness (QED) is 0.467. The summed E-state index contributed by atoms with van der Waals surface area (Å²) in [4.78, 5) is 24.8. The standard InChI is InChI=1S/C25H21NO5/c1-16-3-7-18(8-4-16)26-24(27)15-29-20-11-12-21-22(13-20)30-14-23(25(21)28)31-19-9-5-17(2)6-10-19/h3-14H,15H2,1-2H3,(H,26,27). The first-order valence-corrected chi connectivity index (χ1v) is 9.77. The predicted molar refractivity (Wildman–Crippen MR) is 119 cm³/mol. The second-order valence-corrected chi connectivity index (χ2v) is 7.21. The van der Waals surface area contributed by atoms with Crippen molar-refractivity contribution in [3.63, 3.8) is 0 Å². The minimum Gasteiger partial charge on any atom is -0.484 e. The lowest BCUT2D eigenvalue weighted by atomic mass is 10.2. The van der Waals surface area contributed by atoms with E-state index in [1.54, 1.807) is 30.3 Å². The van der Waals surface area contributed by atoms with Gasteiger partial charge in [-0.3, -0.25) is 9.59 Å². The first kappa shape index (κ1) is 20.2. The van der Waals surface area contributed by atoms with Gasteiger partial charge in [-0.25, -0.2) is 0 Å². The lowest BCUT2D eigenvalue weighted by Gasteiger charge is -2.09. The largest absolute Gasteiger partial charge is 0.484 e. The Bertz CT molecular complexity index is 1270. The fourth-order valence-electron chi connectivity index (χ4n) is 2.97. The molecule has 1 amide bonds. The number of ether oxygens (including phenoxy) is 2. The Morgan fingerprint density at radius 1 is 0.903 bits per heavy atom. The maximum Gasteiger partial charge on any atom is 0.262 e. The molecular weight excluding hydrogens is 394 g/mol. The van der Waals surface area contributed by atoms with Crippen LogP contribution in [0.2, 0.25) is 0 Å². The molecular formula is C25H21NO5. The van der Waals surface area contributed by atoms with Gasteiger partial charge in [0.15, 0.2) is 6.61 Å². The van der Waals surface area contributed by atoms with Gasteiger partial charge in [0.2, 0.25) is 11.2 Å². The number of benzene rings is 3. The summed E-state index contributed by atoms with van der Waals surface area (Å²) in [6, 6.07) is 19.7. The molecule has 0 fully saturated rings. The van der Waals surface area contributed by atoms with Crippen molar-refractivity contribution in [3.8, 4) is 17.2 Å². The Hall–Kier alpha value is -4.06. The van der Waals surface area contributed by atoms with Gasteiger partial charge < -0.3 is 19.2 Å². The van der Waals surface area contributed by atoms with Crippen molar-refractivity contribution in [3.05, 3.63) is 94.3 Å². The van der Waals surface area contributed by atoms with Crippen LogP contribution >= 0.6 is 0 Å². The summed E-state index contributed by atoms with van der Waals surface area (Å²) in [5.41, 5.74) is 2.96. The summed E-state index contributed by atoms with van der Waals surface area (Å²) in [6.07, 6.45) is 1.28. The van der Waals surface area contributed by atoms with Gasteiger partial charge in [0.05, 0.1) is 5.39 Å². The average molecular weight is 415 g/mol. The third kappa shape index (κ3) is 4.93. The number of rotatable bonds is 6. The minimum absolute atomic E-state index is 0.0995. The first-order chi connectivity index (χ1) is 15.0. The van der Waals surface area contributed by atoms with E-state index in [0.29, 0.717) is 28.2 Å². The van der Waals surface area contributed by atoms with Crippen LogP contribution in [0.15, 0.2) is 82.2 Å². The first-order valence-electron chi connectivity index (χ1n) is 9.77. The molecule has 4 aromatic rings. The molecule has 156 valence electrons. The summed E-state index contributed by atoms with van der Waals surface area (Å²) in [7, 11) is 0. The van der Waals surface area contributed by atoms with Gasteiger partial charge in [-0.2, -0.15) is 0 Å². The Morgan fingerprint density at radius 2 is 1.55 bits per heavy atom. The number of hydrogen-bond acceptors (Lipinski definition) is 5. The van der Waals surface area contributed by atoms with Crippen LogP contribution in [0.4, 0.5) is 5.69 Å². The Kier molecular flexibility index (Phi) is 5.71. The number of hydrogen-bond donors (Lipinski definition) is 1. The van der Waals surface area contributed by atoms with Crippen molar-refractivity contribution in [1.82, 2.24) is 0 Å². The molecule has 0 unspecified atom stereocenters. The molecule has 0 bridgehead atoms. The second-order valence-electron chi connectivity index (χ2n) is 7.21. The maximum absolute atomic E-state index is 12.7. The highest BCUT2D eigenvalue weighted by Crippen LogP contribution is 2.24. The molecule has 0 spiro atoms. The number of anilines is 1. The van der Waals surface area contributed by atoms with Crippen molar-refractivity contribution >= 4 is 22.6 Å². The summed E-state index contributed by atoms with van der Waals surface area (Å²) in [5, 5.41) is 3.13. The molecule has 0 radical (unpaired) electrons. The third-order valence-electron chi connectivity index (χ3n) is 4.67. The number of fused-ring (bicyclic) bond motifs is 1. The van der Waals surface area contributed by atoms with Crippen molar-refractivity contribution in [2.45, 2.75) is 13.8 Å². The van der Waals surface area contributed by atoms with E-state index in [2.05, 4.69) is 5.32 Å². The van der Waals surface area contributed by atoms with Gasteiger partial charge in [0, 0.05) is 11.8 Å². The molecule has 0 saturated carbocycles. The van der Waals surface area contributed by atoms with Crippen molar-refractivity contribution < 1.29 is 18.7 Å². The van der Waals surface area contributed by atoms with E-state index in [0.717, 1.165) is 11.1 Å². The van der Waals surface area contributed by atoms with E-state index in [4.69, 9.17) is 13.9 Å². The molecule has 4 rings (SSSR count). The van der Waals surface area contributed by atoms with Crippen molar-refractivity contribution in [1.29, 1.82) is 0 Å². The topological polar surface area (TPSA) is 77.8 Å². The lowest BCUT2D eigenvalue weighted by Crippen LogP contribution is -2.20. The second kappa shape index (κ2) is 8.75. The van der Waals surface area contributed by atoms with E-state index in [1.165, 1.54) is 6.26 Å². The van der Waals surface area contributed by atoms with Crippen LogP contribution in [0, 0.1) is 13.8 Å². The predicted octanol–water partition coefficient (Wildman–Crippen LogP) is 5.22. The zero-order chi connectivity index (χ0) is 21.8. The highest BCUT2D eigenvalue weighted by Gasteiger charge is 2.11. The van der Waals surface area contributed by atoms with E-state index >= 15 is 0 Å². The fourth-order valence-corrected chi connectivity index (χ4v) is 2.97. The normalized spacial score (nSPS) is 10.6. The van der Waals surface area contributed by atoms with Gasteiger partial charge in [0.1, 0.15) is 23.3 Å². The number of amides is 1. The molecule has 1 N–H and O–H groups in total. The minimum atomic E-state index is -0.287. The molecule has 0 aliphatic rings. The zero-order valence-corrected chi connectivity index (χ0v) is 17.2. The summed E-state index contributed by atoms with van der Waals surface area (Å²) in [6.45, 7) is 3.78. The lowest BCUT2D eigenvalue weighted by molar-refractivity contribution is -0.118. The highest BCUT2D eigenvalue weighted by atomic mass is 16.5. The van der Waals surface area contributed by atoms with Crippen molar-refractivity contribution in [2.24, 2.45) is 0 Å². The fraction of sp³-hybridized carbons (Fsp3) is 0.120. The molecule has 3 aromatic carbocycles. The molecule has 31 heavy (non-hydrogen) atoms. The number of aryl methyl sites for hydroxylation is 2. The van der Waals surface area contributed by atoms with Gasteiger partial charge in [0.25, 0.3) is 5.91 Å². The van der Waals surface area contributed by atoms with E-state index < -0.39 is 0 Å². The Balaban J connectivity index is 1.44. The van der Waals surface area contributed by atoms with Gasteiger partial charge in [-0.15, -0.1) is 0 Å². The monoisotopic (exact) mass is 415 g/mol. The van der Waals surface area contributed by atoms with Crippen LogP contribution in [0.1, 0.15) is 11.1 Å². The van der Waals surface area contributed by atoms with Crippen LogP contribution < -0.4 is 20.2 Å². The van der Waals surface area contributed by atoms with Crippen LogP contribution in [-0.4, -0.2) is 12.5 Å². The highest BCUT2D eigenvalue weighted by molar-refractivity contribution is 5.92. The molecule has 6 heteroatoms. The van der Waals surface area contributed by atoms with Crippen molar-refractivity contribution in [2.75, 3.05) is 11.9 Å². The van der Waals surface area contributed by atoms with E-state index in [-0.39, 0.29) is 23.7 Å². The van der Waals surface area contributed by atoms with Gasteiger partial charge in [-0.1, -0.05) is 35.4 Å². The number of carbonyl (C=O) groups excluding carboxylic acids is 1. The molecule has 0 aliphatic heterocycles.